The van der Waals surface area contributed by atoms with E-state index in [4.69, 9.17) is 0 Å². The van der Waals surface area contributed by atoms with Crippen molar-refractivity contribution in [3.05, 3.63) is 42.6 Å². The molecular weight excluding hydrogens is 304 g/mol. The molecule has 7 nitrogen and oxygen atoms in total. The van der Waals surface area contributed by atoms with Crippen molar-refractivity contribution in [2.24, 2.45) is 0 Å². The molecule has 2 N–H and O–H groups in total. The molecule has 1 fully saturated rings. The van der Waals surface area contributed by atoms with Gasteiger partial charge in [-0.3, -0.25) is 14.8 Å². The van der Waals surface area contributed by atoms with E-state index in [9.17, 15) is 4.79 Å². The molecule has 0 unspecified atom stereocenters. The highest BCUT2D eigenvalue weighted by molar-refractivity contribution is 5.92. The number of likely N-dealkylation sites (tertiary alicyclic amines) is 1. The minimum absolute atomic E-state index is 0.0260. The van der Waals surface area contributed by atoms with Gasteiger partial charge in [-0.05, 0) is 31.4 Å². The number of pyridine rings is 1. The molecule has 0 saturated carbocycles. The SMILES string of the molecule is O=C(c1cncc(NCCCNc2cccnc2)n1)N1CCCC1. The third-order valence-corrected chi connectivity index (χ3v) is 3.90. The number of carbonyl (C=O) groups is 1. The topological polar surface area (TPSA) is 83.0 Å². The first-order valence-corrected chi connectivity index (χ1v) is 8.32. The second-order valence-electron chi connectivity index (χ2n) is 5.74. The number of aromatic nitrogens is 3. The van der Waals surface area contributed by atoms with E-state index in [1.54, 1.807) is 18.6 Å². The molecular formula is C17H22N6O. The van der Waals surface area contributed by atoms with Crippen LogP contribution in [0.5, 0.6) is 0 Å². The molecule has 0 radical (unpaired) electrons. The van der Waals surface area contributed by atoms with Crippen LogP contribution >= 0.6 is 0 Å². The maximum Gasteiger partial charge on any atom is 0.274 e. The fourth-order valence-electron chi connectivity index (χ4n) is 2.64. The highest BCUT2D eigenvalue weighted by Crippen LogP contribution is 2.12. The fraction of sp³-hybridized carbons (Fsp3) is 0.412. The number of nitrogens with one attached hydrogen (secondary N) is 2. The zero-order chi connectivity index (χ0) is 16.6. The van der Waals surface area contributed by atoms with Crippen molar-refractivity contribution in [3.8, 4) is 0 Å². The van der Waals surface area contributed by atoms with Crippen molar-refractivity contribution in [3.63, 3.8) is 0 Å². The van der Waals surface area contributed by atoms with Crippen LogP contribution in [0.15, 0.2) is 36.9 Å². The summed E-state index contributed by atoms with van der Waals surface area (Å²) in [4.78, 5) is 26.7. The average molecular weight is 326 g/mol. The van der Waals surface area contributed by atoms with E-state index in [2.05, 4.69) is 25.6 Å². The first-order valence-electron chi connectivity index (χ1n) is 8.32. The minimum atomic E-state index is -0.0260. The first kappa shape index (κ1) is 16.2. The van der Waals surface area contributed by atoms with E-state index in [0.717, 1.165) is 51.1 Å². The Morgan fingerprint density at radius 1 is 1.08 bits per heavy atom. The van der Waals surface area contributed by atoms with E-state index in [1.807, 2.05) is 17.0 Å². The zero-order valence-corrected chi connectivity index (χ0v) is 13.6. The predicted molar refractivity (Wildman–Crippen MR) is 93.0 cm³/mol. The van der Waals surface area contributed by atoms with Gasteiger partial charge in [0.05, 0.1) is 18.1 Å². The molecule has 0 aromatic carbocycles. The van der Waals surface area contributed by atoms with Gasteiger partial charge in [0, 0.05) is 38.6 Å². The van der Waals surface area contributed by atoms with Crippen LogP contribution in [0, 0.1) is 0 Å². The molecule has 7 heteroatoms. The number of hydrogen-bond acceptors (Lipinski definition) is 6. The summed E-state index contributed by atoms with van der Waals surface area (Å²) in [7, 11) is 0. The molecule has 0 atom stereocenters. The van der Waals surface area contributed by atoms with Crippen LogP contribution in [0.25, 0.3) is 0 Å². The van der Waals surface area contributed by atoms with Crippen molar-refractivity contribution in [1.82, 2.24) is 19.9 Å². The minimum Gasteiger partial charge on any atom is -0.384 e. The van der Waals surface area contributed by atoms with Crippen LogP contribution < -0.4 is 10.6 Å². The molecule has 0 bridgehead atoms. The van der Waals surface area contributed by atoms with Crippen LogP contribution in [0.4, 0.5) is 11.5 Å². The van der Waals surface area contributed by atoms with Crippen LogP contribution in [0.3, 0.4) is 0 Å². The van der Waals surface area contributed by atoms with Gasteiger partial charge in [0.25, 0.3) is 5.91 Å². The normalized spacial score (nSPS) is 13.8. The third kappa shape index (κ3) is 4.41. The van der Waals surface area contributed by atoms with E-state index in [1.165, 1.54) is 6.20 Å². The first-order chi connectivity index (χ1) is 11.8. The second kappa shape index (κ2) is 8.24. The summed E-state index contributed by atoms with van der Waals surface area (Å²) in [6.07, 6.45) is 9.79. The average Bonchev–Trinajstić information content (AvgIpc) is 3.17. The van der Waals surface area contributed by atoms with E-state index in [0.29, 0.717) is 11.5 Å². The Kier molecular flexibility index (Phi) is 5.55. The fourth-order valence-corrected chi connectivity index (χ4v) is 2.64. The molecule has 3 heterocycles. The Bertz CT molecular complexity index is 657. The summed E-state index contributed by atoms with van der Waals surface area (Å²) in [5, 5.41) is 6.52. The molecule has 0 aliphatic carbocycles. The molecule has 2 aromatic rings. The standard InChI is InChI=1S/C17H22N6O/c24-17(23-9-1-2-10-23)15-12-19-13-16(22-15)21-8-4-7-20-14-5-3-6-18-11-14/h3,5-6,11-13,20H,1-2,4,7-10H2,(H,21,22). The molecule has 1 aliphatic rings. The zero-order valence-electron chi connectivity index (χ0n) is 13.6. The van der Waals surface area contributed by atoms with E-state index in [-0.39, 0.29) is 5.91 Å². The van der Waals surface area contributed by atoms with E-state index >= 15 is 0 Å². The number of nitrogens with zero attached hydrogens (tertiary/aromatic N) is 4. The lowest BCUT2D eigenvalue weighted by Gasteiger charge is -2.14. The molecule has 1 aliphatic heterocycles. The van der Waals surface area contributed by atoms with Gasteiger partial charge >= 0.3 is 0 Å². The van der Waals surface area contributed by atoms with Crippen LogP contribution in [0.1, 0.15) is 29.8 Å². The van der Waals surface area contributed by atoms with Gasteiger partial charge in [-0.1, -0.05) is 0 Å². The summed E-state index contributed by atoms with van der Waals surface area (Å²) in [5.41, 5.74) is 1.42. The number of carbonyl (C=O) groups excluding carboxylic acids is 1. The Balaban J connectivity index is 1.44. The van der Waals surface area contributed by atoms with Gasteiger partial charge in [-0.2, -0.15) is 0 Å². The summed E-state index contributed by atoms with van der Waals surface area (Å²) in [6.45, 7) is 3.22. The highest BCUT2D eigenvalue weighted by atomic mass is 16.2. The Hall–Kier alpha value is -2.70. The lowest BCUT2D eigenvalue weighted by molar-refractivity contribution is 0.0786. The lowest BCUT2D eigenvalue weighted by atomic mass is 10.3. The summed E-state index contributed by atoms with van der Waals surface area (Å²) < 4.78 is 0. The van der Waals surface area contributed by atoms with Crippen molar-refractivity contribution in [2.75, 3.05) is 36.8 Å². The molecule has 3 rings (SSSR count). The highest BCUT2D eigenvalue weighted by Gasteiger charge is 2.20. The quantitative estimate of drug-likeness (QED) is 0.758. The van der Waals surface area contributed by atoms with Crippen molar-refractivity contribution in [1.29, 1.82) is 0 Å². The largest absolute Gasteiger partial charge is 0.384 e. The molecule has 2 aromatic heterocycles. The van der Waals surface area contributed by atoms with E-state index < -0.39 is 0 Å². The molecule has 24 heavy (non-hydrogen) atoms. The molecule has 126 valence electrons. The van der Waals surface area contributed by atoms with Crippen molar-refractivity contribution < 1.29 is 4.79 Å². The molecule has 1 saturated heterocycles. The predicted octanol–water partition coefficient (Wildman–Crippen LogP) is 2.02. The third-order valence-electron chi connectivity index (χ3n) is 3.90. The maximum atomic E-state index is 12.3. The smallest absolute Gasteiger partial charge is 0.274 e. The second-order valence-corrected chi connectivity index (χ2v) is 5.74. The van der Waals surface area contributed by atoms with Gasteiger partial charge in [0.15, 0.2) is 0 Å². The molecule has 1 amide bonds. The molecule has 0 spiro atoms. The maximum absolute atomic E-state index is 12.3. The van der Waals surface area contributed by atoms with Crippen molar-refractivity contribution >= 4 is 17.4 Å². The Morgan fingerprint density at radius 2 is 1.92 bits per heavy atom. The van der Waals surface area contributed by atoms with Crippen LogP contribution in [-0.4, -0.2) is 51.9 Å². The summed E-state index contributed by atoms with van der Waals surface area (Å²) >= 11 is 0. The number of rotatable bonds is 7. The monoisotopic (exact) mass is 326 g/mol. The number of amides is 1. The van der Waals surface area contributed by atoms with Crippen LogP contribution in [-0.2, 0) is 0 Å². The Labute approximate surface area is 141 Å². The van der Waals surface area contributed by atoms with Gasteiger partial charge < -0.3 is 15.5 Å². The van der Waals surface area contributed by atoms with Gasteiger partial charge in [0.1, 0.15) is 11.5 Å². The van der Waals surface area contributed by atoms with Gasteiger partial charge in [-0.25, -0.2) is 4.98 Å². The Morgan fingerprint density at radius 3 is 2.71 bits per heavy atom. The summed E-state index contributed by atoms with van der Waals surface area (Å²) in [5.74, 6) is 0.614. The van der Waals surface area contributed by atoms with Crippen molar-refractivity contribution in [2.45, 2.75) is 19.3 Å². The van der Waals surface area contributed by atoms with Gasteiger partial charge in [0.2, 0.25) is 0 Å². The number of anilines is 2. The van der Waals surface area contributed by atoms with Gasteiger partial charge in [-0.15, -0.1) is 0 Å². The number of hydrogen-bond donors (Lipinski definition) is 2. The lowest BCUT2D eigenvalue weighted by Crippen LogP contribution is -2.28. The van der Waals surface area contributed by atoms with Crippen LogP contribution in [0.2, 0.25) is 0 Å². The summed E-state index contributed by atoms with van der Waals surface area (Å²) in [6, 6.07) is 3.89.